The van der Waals surface area contributed by atoms with Crippen LogP contribution in [-0.4, -0.2) is 11.6 Å². The van der Waals surface area contributed by atoms with Crippen molar-refractivity contribution in [3.63, 3.8) is 0 Å². The third-order valence-electron chi connectivity index (χ3n) is 4.82. The molecule has 2 fully saturated rings. The lowest BCUT2D eigenvalue weighted by Crippen LogP contribution is -2.22. The Kier molecular flexibility index (Phi) is 3.60. The average molecular weight is 284 g/mol. The van der Waals surface area contributed by atoms with Crippen LogP contribution in [0.2, 0.25) is 0 Å². The highest BCUT2D eigenvalue weighted by atomic mass is 16.2. The summed E-state index contributed by atoms with van der Waals surface area (Å²) in [5.74, 6) is 1.33. The second-order valence-corrected chi connectivity index (χ2v) is 7.45. The molecular formula is C18H24N2O. The Bertz CT molecular complexity index is 566. The summed E-state index contributed by atoms with van der Waals surface area (Å²) >= 11 is 0. The zero-order chi connectivity index (χ0) is 15.0. The number of carbonyl (C=O) groups is 1. The lowest BCUT2D eigenvalue weighted by Gasteiger charge is -2.19. The predicted molar refractivity (Wildman–Crippen MR) is 85.5 cm³/mol. The SMILES string of the molecule is CC(C)(C)c1ccc(C(=O)NN=C2CC3CCC2C3)cc1. The minimum Gasteiger partial charge on any atom is -0.267 e. The van der Waals surface area contributed by atoms with Crippen LogP contribution in [0.1, 0.15) is 62.4 Å². The molecule has 0 aromatic heterocycles. The molecule has 3 nitrogen and oxygen atoms in total. The zero-order valence-electron chi connectivity index (χ0n) is 13.1. The summed E-state index contributed by atoms with van der Waals surface area (Å²) in [7, 11) is 0. The molecule has 0 spiro atoms. The fraction of sp³-hybridized carbons (Fsp3) is 0.556. The third-order valence-corrected chi connectivity index (χ3v) is 4.82. The highest BCUT2D eigenvalue weighted by molar-refractivity contribution is 5.96. The van der Waals surface area contributed by atoms with Crippen LogP contribution in [0.5, 0.6) is 0 Å². The van der Waals surface area contributed by atoms with Gasteiger partial charge in [0.15, 0.2) is 0 Å². The van der Waals surface area contributed by atoms with Gasteiger partial charge in [-0.05, 0) is 60.6 Å². The van der Waals surface area contributed by atoms with Crippen molar-refractivity contribution in [3.8, 4) is 0 Å². The van der Waals surface area contributed by atoms with E-state index in [4.69, 9.17) is 0 Å². The summed E-state index contributed by atoms with van der Waals surface area (Å²) in [4.78, 5) is 12.2. The number of rotatable bonds is 2. The average Bonchev–Trinajstić information content (AvgIpc) is 3.06. The topological polar surface area (TPSA) is 41.5 Å². The second-order valence-electron chi connectivity index (χ2n) is 7.45. The first-order chi connectivity index (χ1) is 9.93. The molecule has 112 valence electrons. The van der Waals surface area contributed by atoms with Gasteiger partial charge in [-0.25, -0.2) is 5.43 Å². The number of amides is 1. The highest BCUT2D eigenvalue weighted by Gasteiger charge is 2.36. The van der Waals surface area contributed by atoms with E-state index in [-0.39, 0.29) is 11.3 Å². The van der Waals surface area contributed by atoms with E-state index >= 15 is 0 Å². The van der Waals surface area contributed by atoms with Gasteiger partial charge in [0, 0.05) is 11.3 Å². The fourth-order valence-corrected chi connectivity index (χ4v) is 3.47. The van der Waals surface area contributed by atoms with Crippen LogP contribution >= 0.6 is 0 Å². The maximum absolute atomic E-state index is 12.2. The molecule has 1 N–H and O–H groups in total. The Labute approximate surface area is 126 Å². The molecule has 2 saturated carbocycles. The molecule has 0 saturated heterocycles. The number of hydrogen-bond acceptors (Lipinski definition) is 2. The smallest absolute Gasteiger partial charge is 0.267 e. The monoisotopic (exact) mass is 284 g/mol. The summed E-state index contributed by atoms with van der Waals surface area (Å²) in [6.45, 7) is 6.51. The van der Waals surface area contributed by atoms with Crippen molar-refractivity contribution >= 4 is 11.6 Å². The number of carbonyl (C=O) groups excluding carboxylic acids is 1. The molecule has 3 rings (SSSR count). The van der Waals surface area contributed by atoms with Crippen molar-refractivity contribution in [2.45, 2.75) is 51.9 Å². The molecule has 21 heavy (non-hydrogen) atoms. The van der Waals surface area contributed by atoms with E-state index in [1.165, 1.54) is 30.5 Å². The van der Waals surface area contributed by atoms with Gasteiger partial charge in [0.05, 0.1) is 0 Å². The molecule has 1 aromatic carbocycles. The largest absolute Gasteiger partial charge is 0.271 e. The van der Waals surface area contributed by atoms with Crippen molar-refractivity contribution in [3.05, 3.63) is 35.4 Å². The van der Waals surface area contributed by atoms with E-state index in [1.807, 2.05) is 24.3 Å². The number of nitrogens with zero attached hydrogens (tertiary/aromatic N) is 1. The first kappa shape index (κ1) is 14.3. The van der Waals surface area contributed by atoms with Gasteiger partial charge in [0.2, 0.25) is 0 Å². The van der Waals surface area contributed by atoms with Crippen molar-refractivity contribution < 1.29 is 4.79 Å². The van der Waals surface area contributed by atoms with Gasteiger partial charge in [0.25, 0.3) is 5.91 Å². The predicted octanol–water partition coefficient (Wildman–Crippen LogP) is 3.89. The van der Waals surface area contributed by atoms with E-state index in [1.54, 1.807) is 0 Å². The maximum atomic E-state index is 12.2. The standard InChI is InChI=1S/C18H24N2O/c1-18(2,3)15-8-6-13(7-9-15)17(21)20-19-16-11-12-4-5-14(16)10-12/h6-9,12,14H,4-5,10-11H2,1-3H3,(H,20,21). The minimum absolute atomic E-state index is 0.106. The molecule has 1 aromatic rings. The number of fused-ring (bicyclic) bond motifs is 2. The molecule has 2 atom stereocenters. The van der Waals surface area contributed by atoms with Crippen molar-refractivity contribution in [1.29, 1.82) is 0 Å². The fourth-order valence-electron chi connectivity index (χ4n) is 3.47. The molecule has 0 radical (unpaired) electrons. The Morgan fingerprint density at radius 1 is 1.19 bits per heavy atom. The third kappa shape index (κ3) is 3.02. The normalized spacial score (nSPS) is 26.3. The van der Waals surface area contributed by atoms with E-state index in [0.717, 1.165) is 12.3 Å². The van der Waals surface area contributed by atoms with Crippen LogP contribution in [0, 0.1) is 11.8 Å². The van der Waals surface area contributed by atoms with Crippen molar-refractivity contribution in [2.24, 2.45) is 16.9 Å². The van der Waals surface area contributed by atoms with E-state index < -0.39 is 0 Å². The van der Waals surface area contributed by atoms with Crippen LogP contribution in [0.25, 0.3) is 0 Å². The van der Waals surface area contributed by atoms with Crippen molar-refractivity contribution in [1.82, 2.24) is 5.43 Å². The Balaban J connectivity index is 1.64. The molecule has 1 amide bonds. The molecule has 2 unspecified atom stereocenters. The van der Waals surface area contributed by atoms with Crippen molar-refractivity contribution in [2.75, 3.05) is 0 Å². The van der Waals surface area contributed by atoms with Crippen LogP contribution in [0.15, 0.2) is 29.4 Å². The zero-order valence-corrected chi connectivity index (χ0v) is 13.1. The lowest BCUT2D eigenvalue weighted by molar-refractivity contribution is 0.0954. The Hall–Kier alpha value is -1.64. The van der Waals surface area contributed by atoms with E-state index in [0.29, 0.717) is 11.5 Å². The minimum atomic E-state index is -0.106. The first-order valence-corrected chi connectivity index (χ1v) is 7.91. The van der Waals surface area contributed by atoms with Crippen LogP contribution < -0.4 is 5.43 Å². The number of nitrogens with one attached hydrogen (secondary N) is 1. The first-order valence-electron chi connectivity index (χ1n) is 7.91. The van der Waals surface area contributed by atoms with Crippen LogP contribution in [0.3, 0.4) is 0 Å². The highest BCUT2D eigenvalue weighted by Crippen LogP contribution is 2.42. The summed E-state index contributed by atoms with van der Waals surface area (Å²) in [6, 6.07) is 7.83. The Morgan fingerprint density at radius 3 is 2.43 bits per heavy atom. The molecular weight excluding hydrogens is 260 g/mol. The number of hydrogen-bond donors (Lipinski definition) is 1. The van der Waals surface area contributed by atoms with E-state index in [9.17, 15) is 4.79 Å². The molecule has 2 aliphatic carbocycles. The van der Waals surface area contributed by atoms with Gasteiger partial charge in [-0.1, -0.05) is 32.9 Å². The van der Waals surface area contributed by atoms with Gasteiger partial charge >= 0.3 is 0 Å². The Morgan fingerprint density at radius 2 is 1.90 bits per heavy atom. The number of hydrazone groups is 1. The van der Waals surface area contributed by atoms with Crippen LogP contribution in [0.4, 0.5) is 0 Å². The van der Waals surface area contributed by atoms with Gasteiger partial charge in [-0.2, -0.15) is 5.10 Å². The maximum Gasteiger partial charge on any atom is 0.271 e. The summed E-state index contributed by atoms with van der Waals surface area (Å²) in [5.41, 5.74) is 5.95. The van der Waals surface area contributed by atoms with E-state index in [2.05, 4.69) is 31.3 Å². The molecule has 0 heterocycles. The van der Waals surface area contributed by atoms with Gasteiger partial charge in [0.1, 0.15) is 0 Å². The molecule has 0 aliphatic heterocycles. The quantitative estimate of drug-likeness (QED) is 0.822. The molecule has 3 heteroatoms. The summed E-state index contributed by atoms with van der Waals surface area (Å²) in [6.07, 6.45) is 4.94. The lowest BCUT2D eigenvalue weighted by atomic mass is 9.87. The summed E-state index contributed by atoms with van der Waals surface area (Å²) < 4.78 is 0. The molecule has 2 aliphatic rings. The number of benzene rings is 1. The van der Waals surface area contributed by atoms with Gasteiger partial charge in [-0.15, -0.1) is 0 Å². The molecule has 2 bridgehead atoms. The van der Waals surface area contributed by atoms with Gasteiger partial charge in [-0.3, -0.25) is 4.79 Å². The second kappa shape index (κ2) is 5.28. The van der Waals surface area contributed by atoms with Crippen LogP contribution in [-0.2, 0) is 5.41 Å². The van der Waals surface area contributed by atoms with Gasteiger partial charge < -0.3 is 0 Å². The summed E-state index contributed by atoms with van der Waals surface area (Å²) in [5, 5.41) is 4.37.